The minimum Gasteiger partial charge on any atom is -0.362 e. The zero-order valence-electron chi connectivity index (χ0n) is 14.3. The predicted octanol–water partition coefficient (Wildman–Crippen LogP) is 2.54. The summed E-state index contributed by atoms with van der Waals surface area (Å²) < 4.78 is 13.8. The van der Waals surface area contributed by atoms with Gasteiger partial charge in [0, 0.05) is 31.6 Å². The molecule has 1 fully saturated rings. The van der Waals surface area contributed by atoms with Crippen LogP contribution < -0.4 is 10.6 Å². The SMILES string of the molecule is O=C1NC2(CCN(C(=O)Cc3ccccc3F)CC2)Nc2ccccc21. The topological polar surface area (TPSA) is 61.4 Å². The first kappa shape index (κ1) is 16.6. The van der Waals surface area contributed by atoms with Gasteiger partial charge in [0.1, 0.15) is 11.5 Å². The van der Waals surface area contributed by atoms with Crippen LogP contribution in [-0.4, -0.2) is 35.5 Å². The van der Waals surface area contributed by atoms with Gasteiger partial charge in [-0.3, -0.25) is 9.59 Å². The quantitative estimate of drug-likeness (QED) is 0.872. The number of carbonyl (C=O) groups is 2. The highest BCUT2D eigenvalue weighted by molar-refractivity contribution is 6.02. The van der Waals surface area contributed by atoms with Gasteiger partial charge >= 0.3 is 0 Å². The van der Waals surface area contributed by atoms with Crippen molar-refractivity contribution in [1.29, 1.82) is 0 Å². The van der Waals surface area contributed by atoms with Gasteiger partial charge in [-0.2, -0.15) is 0 Å². The summed E-state index contributed by atoms with van der Waals surface area (Å²) in [6.45, 7) is 1.03. The van der Waals surface area contributed by atoms with Crippen LogP contribution in [0.15, 0.2) is 48.5 Å². The van der Waals surface area contributed by atoms with Crippen molar-refractivity contribution in [3.8, 4) is 0 Å². The molecule has 0 bridgehead atoms. The number of likely N-dealkylation sites (tertiary alicyclic amines) is 1. The van der Waals surface area contributed by atoms with Crippen molar-refractivity contribution in [2.24, 2.45) is 0 Å². The Hall–Kier alpha value is -2.89. The molecule has 0 aromatic heterocycles. The second-order valence-electron chi connectivity index (χ2n) is 6.86. The van der Waals surface area contributed by atoms with Crippen molar-refractivity contribution in [1.82, 2.24) is 10.2 Å². The number of piperidine rings is 1. The summed E-state index contributed by atoms with van der Waals surface area (Å²) in [6.07, 6.45) is 1.27. The maximum Gasteiger partial charge on any atom is 0.255 e. The number of nitrogens with one attached hydrogen (secondary N) is 2. The first-order valence-electron chi connectivity index (χ1n) is 8.77. The highest BCUT2D eigenvalue weighted by atomic mass is 19.1. The highest BCUT2D eigenvalue weighted by Crippen LogP contribution is 2.31. The molecule has 2 aromatic rings. The molecule has 2 N–H and O–H groups in total. The van der Waals surface area contributed by atoms with E-state index in [2.05, 4.69) is 10.6 Å². The normalized spacial score (nSPS) is 18.0. The lowest BCUT2D eigenvalue weighted by Crippen LogP contribution is -2.62. The summed E-state index contributed by atoms with van der Waals surface area (Å²) in [6, 6.07) is 13.8. The van der Waals surface area contributed by atoms with E-state index in [1.54, 1.807) is 29.2 Å². The Balaban J connectivity index is 1.42. The van der Waals surface area contributed by atoms with Crippen molar-refractivity contribution >= 4 is 17.5 Å². The molecular formula is C20H20FN3O2. The van der Waals surface area contributed by atoms with Gasteiger partial charge in [0.15, 0.2) is 0 Å². The first-order valence-corrected chi connectivity index (χ1v) is 8.77. The predicted molar refractivity (Wildman–Crippen MR) is 96.2 cm³/mol. The Bertz CT molecular complexity index is 860. The molecule has 1 saturated heterocycles. The molecule has 0 unspecified atom stereocenters. The molecule has 2 heterocycles. The van der Waals surface area contributed by atoms with Crippen LogP contribution in [0.25, 0.3) is 0 Å². The molecule has 1 spiro atoms. The standard InChI is InChI=1S/C20H20FN3O2/c21-16-7-3-1-5-14(16)13-18(25)24-11-9-20(10-12-24)22-17-8-4-2-6-15(17)19(26)23-20/h1-8,22H,9-13H2,(H,23,26). The lowest BCUT2D eigenvalue weighted by atomic mass is 9.92. The Kier molecular flexibility index (Phi) is 4.11. The molecule has 0 aliphatic carbocycles. The molecule has 4 rings (SSSR count). The summed E-state index contributed by atoms with van der Waals surface area (Å²) in [5, 5.41) is 6.49. The molecule has 6 heteroatoms. The van der Waals surface area contributed by atoms with Crippen LogP contribution in [0.1, 0.15) is 28.8 Å². The number of para-hydroxylation sites is 1. The second kappa shape index (κ2) is 6.44. The van der Waals surface area contributed by atoms with Crippen LogP contribution in [0.5, 0.6) is 0 Å². The highest BCUT2D eigenvalue weighted by Gasteiger charge is 2.40. The third-order valence-electron chi connectivity index (χ3n) is 5.17. The molecule has 2 aliphatic heterocycles. The largest absolute Gasteiger partial charge is 0.362 e. The number of hydrogen-bond donors (Lipinski definition) is 2. The third kappa shape index (κ3) is 3.03. The van der Waals surface area contributed by atoms with Crippen molar-refractivity contribution in [2.75, 3.05) is 18.4 Å². The number of amides is 2. The van der Waals surface area contributed by atoms with Crippen molar-refractivity contribution in [3.63, 3.8) is 0 Å². The van der Waals surface area contributed by atoms with Crippen molar-refractivity contribution in [2.45, 2.75) is 24.9 Å². The summed E-state index contributed by atoms with van der Waals surface area (Å²) in [4.78, 5) is 26.6. The van der Waals surface area contributed by atoms with Crippen LogP contribution in [0.4, 0.5) is 10.1 Å². The Morgan fingerprint density at radius 2 is 1.73 bits per heavy atom. The monoisotopic (exact) mass is 353 g/mol. The molecule has 0 saturated carbocycles. The summed E-state index contributed by atoms with van der Waals surface area (Å²) in [5.74, 6) is -0.537. The zero-order chi connectivity index (χ0) is 18.1. The van der Waals surface area contributed by atoms with Crippen LogP contribution in [0.2, 0.25) is 0 Å². The van der Waals surface area contributed by atoms with E-state index in [1.807, 2.05) is 18.2 Å². The number of anilines is 1. The van der Waals surface area contributed by atoms with E-state index in [9.17, 15) is 14.0 Å². The number of benzene rings is 2. The first-order chi connectivity index (χ1) is 12.6. The summed E-state index contributed by atoms with van der Waals surface area (Å²) in [5.41, 5.74) is 1.34. The minimum absolute atomic E-state index is 0.0578. The lowest BCUT2D eigenvalue weighted by Gasteiger charge is -2.45. The fourth-order valence-corrected chi connectivity index (χ4v) is 3.67. The van der Waals surface area contributed by atoms with E-state index in [1.165, 1.54) is 6.07 Å². The fourth-order valence-electron chi connectivity index (χ4n) is 3.67. The van der Waals surface area contributed by atoms with Crippen LogP contribution >= 0.6 is 0 Å². The zero-order valence-corrected chi connectivity index (χ0v) is 14.3. The average Bonchev–Trinajstić information content (AvgIpc) is 2.64. The van der Waals surface area contributed by atoms with Gasteiger partial charge in [-0.05, 0) is 23.8 Å². The van der Waals surface area contributed by atoms with E-state index in [0.29, 0.717) is 37.1 Å². The van der Waals surface area contributed by atoms with Gasteiger partial charge in [0.05, 0.1) is 12.0 Å². The number of hydrogen-bond acceptors (Lipinski definition) is 3. The van der Waals surface area contributed by atoms with Crippen molar-refractivity contribution in [3.05, 3.63) is 65.5 Å². The maximum absolute atomic E-state index is 13.8. The molecule has 5 nitrogen and oxygen atoms in total. The molecule has 2 aliphatic rings. The van der Waals surface area contributed by atoms with E-state index in [-0.39, 0.29) is 24.1 Å². The number of fused-ring (bicyclic) bond motifs is 1. The van der Waals surface area contributed by atoms with E-state index >= 15 is 0 Å². The fraction of sp³-hybridized carbons (Fsp3) is 0.300. The lowest BCUT2D eigenvalue weighted by molar-refractivity contribution is -0.132. The van der Waals surface area contributed by atoms with E-state index in [4.69, 9.17) is 0 Å². The van der Waals surface area contributed by atoms with Gasteiger partial charge in [-0.15, -0.1) is 0 Å². The van der Waals surface area contributed by atoms with E-state index in [0.717, 1.165) is 5.69 Å². The van der Waals surface area contributed by atoms with Gasteiger partial charge in [0.2, 0.25) is 5.91 Å². The molecule has 0 radical (unpaired) electrons. The smallest absolute Gasteiger partial charge is 0.255 e. The van der Waals surface area contributed by atoms with Gasteiger partial charge in [0.25, 0.3) is 5.91 Å². The molecular weight excluding hydrogens is 333 g/mol. The van der Waals surface area contributed by atoms with Crippen LogP contribution in [0.3, 0.4) is 0 Å². The van der Waals surface area contributed by atoms with Gasteiger partial charge < -0.3 is 15.5 Å². The number of nitrogens with zero attached hydrogens (tertiary/aromatic N) is 1. The summed E-state index contributed by atoms with van der Waals surface area (Å²) in [7, 11) is 0. The van der Waals surface area contributed by atoms with Crippen LogP contribution in [0, 0.1) is 5.82 Å². The van der Waals surface area contributed by atoms with Crippen LogP contribution in [-0.2, 0) is 11.2 Å². The number of carbonyl (C=O) groups excluding carboxylic acids is 2. The molecule has 0 atom stereocenters. The maximum atomic E-state index is 13.8. The Morgan fingerprint density at radius 1 is 1.04 bits per heavy atom. The molecule has 2 aromatic carbocycles. The van der Waals surface area contributed by atoms with Gasteiger partial charge in [-0.25, -0.2) is 4.39 Å². The second-order valence-corrected chi connectivity index (χ2v) is 6.86. The summed E-state index contributed by atoms with van der Waals surface area (Å²) >= 11 is 0. The van der Waals surface area contributed by atoms with Crippen molar-refractivity contribution < 1.29 is 14.0 Å². The Morgan fingerprint density at radius 3 is 2.50 bits per heavy atom. The molecule has 26 heavy (non-hydrogen) atoms. The minimum atomic E-state index is -0.528. The van der Waals surface area contributed by atoms with E-state index < -0.39 is 5.66 Å². The number of halogens is 1. The third-order valence-corrected chi connectivity index (χ3v) is 5.17. The number of rotatable bonds is 2. The molecule has 2 amide bonds. The average molecular weight is 353 g/mol. The Labute approximate surface area is 151 Å². The van der Waals surface area contributed by atoms with Gasteiger partial charge in [-0.1, -0.05) is 30.3 Å². The molecule has 134 valence electrons.